The van der Waals surface area contributed by atoms with Crippen molar-refractivity contribution in [3.05, 3.63) is 59.3 Å². The molecule has 0 bridgehead atoms. The Labute approximate surface area is 130 Å². The summed E-state index contributed by atoms with van der Waals surface area (Å²) in [6.45, 7) is 0. The quantitative estimate of drug-likeness (QED) is 0.501. The molecule has 0 atom stereocenters. The number of thiophene rings is 2. The lowest BCUT2D eigenvalue weighted by molar-refractivity contribution is 0.415. The molecule has 0 spiro atoms. The highest BCUT2D eigenvalue weighted by Crippen LogP contribution is 2.25. The SMILES string of the molecule is COc1ccc2sccc2c1.Oc1ccc2sccc2c1. The molecule has 0 aliphatic carbocycles. The van der Waals surface area contributed by atoms with Gasteiger partial charge >= 0.3 is 0 Å². The van der Waals surface area contributed by atoms with Gasteiger partial charge in [-0.05, 0) is 70.1 Å². The molecule has 21 heavy (non-hydrogen) atoms. The summed E-state index contributed by atoms with van der Waals surface area (Å²) >= 11 is 3.44. The second-order valence-electron chi connectivity index (χ2n) is 4.47. The van der Waals surface area contributed by atoms with Crippen LogP contribution < -0.4 is 4.74 Å². The third-order valence-corrected chi connectivity index (χ3v) is 4.89. The molecule has 0 aliphatic heterocycles. The van der Waals surface area contributed by atoms with Gasteiger partial charge in [0, 0.05) is 9.40 Å². The summed E-state index contributed by atoms with van der Waals surface area (Å²) in [7, 11) is 1.69. The van der Waals surface area contributed by atoms with E-state index in [9.17, 15) is 0 Å². The number of methoxy groups -OCH3 is 1. The van der Waals surface area contributed by atoms with Crippen LogP contribution in [-0.2, 0) is 0 Å². The molecular weight excluding hydrogens is 300 g/mol. The second-order valence-corrected chi connectivity index (χ2v) is 6.36. The minimum Gasteiger partial charge on any atom is -0.508 e. The van der Waals surface area contributed by atoms with E-state index in [0.717, 1.165) is 11.1 Å². The number of hydrogen-bond acceptors (Lipinski definition) is 4. The molecule has 1 N–H and O–H groups in total. The first-order valence-electron chi connectivity index (χ1n) is 6.44. The van der Waals surface area contributed by atoms with Gasteiger partial charge in [-0.25, -0.2) is 0 Å². The van der Waals surface area contributed by atoms with Crippen molar-refractivity contribution in [3.8, 4) is 11.5 Å². The van der Waals surface area contributed by atoms with Crippen LogP contribution in [0.4, 0.5) is 0 Å². The summed E-state index contributed by atoms with van der Waals surface area (Å²) in [4.78, 5) is 0. The predicted octanol–water partition coefficient (Wildman–Crippen LogP) is 5.52. The average molecular weight is 314 g/mol. The fourth-order valence-corrected chi connectivity index (χ4v) is 3.57. The first-order valence-corrected chi connectivity index (χ1v) is 8.20. The molecule has 0 saturated carbocycles. The number of phenols is 1. The van der Waals surface area contributed by atoms with Crippen LogP contribution in [0.5, 0.6) is 11.5 Å². The number of fused-ring (bicyclic) bond motifs is 2. The van der Waals surface area contributed by atoms with E-state index in [1.807, 2.05) is 29.6 Å². The molecule has 2 nitrogen and oxygen atoms in total. The van der Waals surface area contributed by atoms with Crippen LogP contribution in [0.15, 0.2) is 59.3 Å². The maximum atomic E-state index is 9.05. The van der Waals surface area contributed by atoms with Gasteiger partial charge in [0.25, 0.3) is 0 Å². The van der Waals surface area contributed by atoms with Gasteiger partial charge in [0.15, 0.2) is 0 Å². The van der Waals surface area contributed by atoms with E-state index in [-0.39, 0.29) is 0 Å². The van der Waals surface area contributed by atoms with Crippen molar-refractivity contribution in [2.45, 2.75) is 0 Å². The summed E-state index contributed by atoms with van der Waals surface area (Å²) in [5, 5.41) is 15.5. The van der Waals surface area contributed by atoms with Crippen molar-refractivity contribution >= 4 is 42.8 Å². The fourth-order valence-electron chi connectivity index (χ4n) is 2.03. The average Bonchev–Trinajstić information content (AvgIpc) is 3.15. The van der Waals surface area contributed by atoms with Crippen LogP contribution in [0.25, 0.3) is 20.2 Å². The summed E-state index contributed by atoms with van der Waals surface area (Å²) in [6, 6.07) is 15.6. The Morgan fingerprint density at radius 1 is 0.810 bits per heavy atom. The molecule has 4 heteroatoms. The monoisotopic (exact) mass is 314 g/mol. The smallest absolute Gasteiger partial charge is 0.119 e. The van der Waals surface area contributed by atoms with Gasteiger partial charge in [0.2, 0.25) is 0 Å². The van der Waals surface area contributed by atoms with Crippen molar-refractivity contribution in [1.82, 2.24) is 0 Å². The number of phenolic OH excluding ortho intramolecular Hbond substituents is 1. The van der Waals surface area contributed by atoms with E-state index in [1.54, 1.807) is 41.9 Å². The van der Waals surface area contributed by atoms with Gasteiger partial charge in [-0.2, -0.15) is 0 Å². The lowest BCUT2D eigenvalue weighted by atomic mass is 10.2. The molecule has 0 amide bonds. The Hall–Kier alpha value is -2.04. The molecule has 0 unspecified atom stereocenters. The van der Waals surface area contributed by atoms with E-state index in [2.05, 4.69) is 17.5 Å². The molecule has 0 fully saturated rings. The Bertz CT molecular complexity index is 861. The lowest BCUT2D eigenvalue weighted by Crippen LogP contribution is -1.79. The zero-order valence-electron chi connectivity index (χ0n) is 11.4. The zero-order chi connectivity index (χ0) is 14.7. The maximum Gasteiger partial charge on any atom is 0.119 e. The summed E-state index contributed by atoms with van der Waals surface area (Å²) < 4.78 is 7.63. The van der Waals surface area contributed by atoms with Gasteiger partial charge in [-0.1, -0.05) is 0 Å². The highest BCUT2D eigenvalue weighted by Gasteiger charge is 1.95. The Kier molecular flexibility index (Phi) is 4.08. The highest BCUT2D eigenvalue weighted by atomic mass is 32.1. The van der Waals surface area contributed by atoms with Gasteiger partial charge in [0.05, 0.1) is 7.11 Å². The van der Waals surface area contributed by atoms with Crippen molar-refractivity contribution in [2.75, 3.05) is 7.11 Å². The maximum absolute atomic E-state index is 9.05. The van der Waals surface area contributed by atoms with E-state index in [4.69, 9.17) is 9.84 Å². The standard InChI is InChI=1S/C9H8OS.C8H6OS/c1-10-8-2-3-9-7(6-8)4-5-11-9;9-7-1-2-8-6(5-7)3-4-10-8/h2-6H,1H3;1-5,9H. The summed E-state index contributed by atoms with van der Waals surface area (Å²) in [6.07, 6.45) is 0. The van der Waals surface area contributed by atoms with E-state index >= 15 is 0 Å². The normalized spacial score (nSPS) is 10.3. The minimum absolute atomic E-state index is 0.339. The summed E-state index contributed by atoms with van der Waals surface area (Å²) in [5.74, 6) is 1.27. The van der Waals surface area contributed by atoms with Crippen molar-refractivity contribution in [2.24, 2.45) is 0 Å². The molecule has 4 aromatic rings. The molecule has 0 aliphatic rings. The van der Waals surface area contributed by atoms with Gasteiger partial charge in [-0.15, -0.1) is 22.7 Å². The van der Waals surface area contributed by atoms with Gasteiger partial charge in [-0.3, -0.25) is 0 Å². The third kappa shape index (κ3) is 3.17. The Balaban J connectivity index is 0.000000126. The van der Waals surface area contributed by atoms with Crippen LogP contribution in [0, 0.1) is 0 Å². The van der Waals surface area contributed by atoms with Crippen molar-refractivity contribution in [3.63, 3.8) is 0 Å². The zero-order valence-corrected chi connectivity index (χ0v) is 13.1. The molecule has 106 valence electrons. The first-order chi connectivity index (χ1) is 10.3. The van der Waals surface area contributed by atoms with Gasteiger partial charge in [0.1, 0.15) is 11.5 Å². The van der Waals surface area contributed by atoms with E-state index < -0.39 is 0 Å². The fraction of sp³-hybridized carbons (Fsp3) is 0.0588. The largest absolute Gasteiger partial charge is 0.508 e. The molecule has 0 saturated heterocycles. The minimum atomic E-state index is 0.339. The summed E-state index contributed by atoms with van der Waals surface area (Å²) in [5.41, 5.74) is 0. The molecule has 2 heterocycles. The van der Waals surface area contributed by atoms with Crippen LogP contribution >= 0.6 is 22.7 Å². The van der Waals surface area contributed by atoms with E-state index in [1.165, 1.54) is 14.8 Å². The number of ether oxygens (including phenoxy) is 1. The number of aromatic hydroxyl groups is 1. The second kappa shape index (κ2) is 6.16. The molecule has 4 rings (SSSR count). The molecular formula is C17H14O2S2. The lowest BCUT2D eigenvalue weighted by Gasteiger charge is -1.97. The van der Waals surface area contributed by atoms with Crippen molar-refractivity contribution in [1.29, 1.82) is 0 Å². The molecule has 2 aromatic heterocycles. The van der Waals surface area contributed by atoms with E-state index in [0.29, 0.717) is 5.75 Å². The van der Waals surface area contributed by atoms with Crippen molar-refractivity contribution < 1.29 is 9.84 Å². The molecule has 0 radical (unpaired) electrons. The molecule has 2 aromatic carbocycles. The number of benzene rings is 2. The number of rotatable bonds is 1. The predicted molar refractivity (Wildman–Crippen MR) is 91.9 cm³/mol. The number of hydrogen-bond donors (Lipinski definition) is 1. The van der Waals surface area contributed by atoms with Gasteiger partial charge < -0.3 is 9.84 Å². The Morgan fingerprint density at radius 2 is 1.43 bits per heavy atom. The van der Waals surface area contributed by atoms with Crippen LogP contribution in [-0.4, -0.2) is 12.2 Å². The third-order valence-electron chi connectivity index (χ3n) is 3.10. The van der Waals surface area contributed by atoms with Crippen LogP contribution in [0.1, 0.15) is 0 Å². The first kappa shape index (κ1) is 13.9. The topological polar surface area (TPSA) is 29.5 Å². The Morgan fingerprint density at radius 3 is 2.10 bits per heavy atom. The van der Waals surface area contributed by atoms with Crippen LogP contribution in [0.2, 0.25) is 0 Å². The van der Waals surface area contributed by atoms with Crippen LogP contribution in [0.3, 0.4) is 0 Å². The highest BCUT2D eigenvalue weighted by molar-refractivity contribution is 7.17.